The van der Waals surface area contributed by atoms with Gasteiger partial charge in [-0.2, -0.15) is 5.26 Å². The number of rotatable bonds is 9. The first-order valence-electron chi connectivity index (χ1n) is 12.7. The molecule has 0 bridgehead atoms. The lowest BCUT2D eigenvalue weighted by molar-refractivity contribution is 0.260. The summed E-state index contributed by atoms with van der Waals surface area (Å²) in [5.74, 6) is 3.15. The van der Waals surface area contributed by atoms with Crippen molar-refractivity contribution >= 4 is 0 Å². The van der Waals surface area contributed by atoms with E-state index >= 15 is 0 Å². The molecule has 0 aromatic heterocycles. The first-order chi connectivity index (χ1) is 15.2. The van der Waals surface area contributed by atoms with Crippen molar-refractivity contribution in [3.8, 4) is 6.07 Å². The zero-order valence-corrected chi connectivity index (χ0v) is 19.6. The van der Waals surface area contributed by atoms with Crippen molar-refractivity contribution in [3.63, 3.8) is 0 Å². The van der Waals surface area contributed by atoms with Crippen LogP contribution in [0.5, 0.6) is 0 Å². The van der Waals surface area contributed by atoms with E-state index in [1.54, 1.807) is 11.1 Å². The maximum absolute atomic E-state index is 8.50. The summed E-state index contributed by atoms with van der Waals surface area (Å²) in [4.78, 5) is 0. The Bertz CT molecular complexity index is 760. The summed E-state index contributed by atoms with van der Waals surface area (Å²) in [6.45, 7) is 6.87. The monoisotopic (exact) mass is 415 g/mol. The number of hydrogen-bond donors (Lipinski definition) is 0. The molecule has 1 nitrogen and oxygen atoms in total. The third-order valence-corrected chi connectivity index (χ3v) is 7.77. The van der Waals surface area contributed by atoms with Crippen molar-refractivity contribution in [2.75, 3.05) is 0 Å². The van der Waals surface area contributed by atoms with E-state index in [1.165, 1.54) is 82.3 Å². The number of allylic oxidation sites excluding steroid dienone is 5. The van der Waals surface area contributed by atoms with E-state index in [9.17, 15) is 0 Å². The zero-order valence-electron chi connectivity index (χ0n) is 19.6. The fourth-order valence-corrected chi connectivity index (χ4v) is 5.80. The molecule has 0 atom stereocenters. The molecule has 0 aliphatic heterocycles. The molecule has 0 radical (unpaired) electrons. The van der Waals surface area contributed by atoms with Gasteiger partial charge < -0.3 is 0 Å². The minimum Gasteiger partial charge on any atom is -0.193 e. The summed E-state index contributed by atoms with van der Waals surface area (Å²) < 4.78 is 0. The molecule has 0 amide bonds. The van der Waals surface area contributed by atoms with Crippen molar-refractivity contribution in [1.29, 1.82) is 5.26 Å². The van der Waals surface area contributed by atoms with Crippen molar-refractivity contribution < 1.29 is 0 Å². The largest absolute Gasteiger partial charge is 0.193 e. The van der Waals surface area contributed by atoms with Crippen LogP contribution in [0, 0.1) is 29.1 Å². The quantitative estimate of drug-likeness (QED) is 0.225. The summed E-state index contributed by atoms with van der Waals surface area (Å²) in [7, 11) is 0. The number of hydrogen-bond acceptors (Lipinski definition) is 1. The first kappa shape index (κ1) is 23.6. The Labute approximate surface area is 191 Å². The molecule has 3 rings (SSSR count). The van der Waals surface area contributed by atoms with Crippen LogP contribution in [-0.4, -0.2) is 0 Å². The molecule has 1 heteroatoms. The van der Waals surface area contributed by atoms with Crippen LogP contribution in [0.25, 0.3) is 0 Å². The smallest absolute Gasteiger partial charge is 0.0912 e. The van der Waals surface area contributed by atoms with Crippen LogP contribution in [0.3, 0.4) is 0 Å². The molecule has 0 N–H and O–H groups in total. The van der Waals surface area contributed by atoms with Gasteiger partial charge in [-0.3, -0.25) is 0 Å². The first-order valence-corrected chi connectivity index (χ1v) is 12.7. The SMILES string of the molecule is C=C(C1CCC(CC/C=C/C=C/C#N)CC1)C1CCC(c2ccc(CCC)cc2)CC1. The maximum atomic E-state index is 8.50. The van der Waals surface area contributed by atoms with Gasteiger partial charge in [-0.05, 0) is 105 Å². The Morgan fingerprint density at radius 2 is 1.61 bits per heavy atom. The highest BCUT2D eigenvalue weighted by atomic mass is 14.3. The van der Waals surface area contributed by atoms with Crippen LogP contribution in [0.2, 0.25) is 0 Å². The van der Waals surface area contributed by atoms with E-state index in [1.807, 2.05) is 18.2 Å². The normalized spacial score (nSPS) is 26.8. The third-order valence-electron chi connectivity index (χ3n) is 7.77. The topological polar surface area (TPSA) is 23.8 Å². The lowest BCUT2D eigenvalue weighted by atomic mass is 9.69. The number of benzene rings is 1. The second-order valence-electron chi connectivity index (χ2n) is 9.83. The lowest BCUT2D eigenvalue weighted by Crippen LogP contribution is -2.22. The molecule has 166 valence electrons. The van der Waals surface area contributed by atoms with Crippen LogP contribution >= 0.6 is 0 Å². The Balaban J connectivity index is 1.38. The van der Waals surface area contributed by atoms with Gasteiger partial charge in [0.05, 0.1) is 6.07 Å². The summed E-state index contributed by atoms with van der Waals surface area (Å²) in [5.41, 5.74) is 4.62. The van der Waals surface area contributed by atoms with E-state index in [4.69, 9.17) is 5.26 Å². The summed E-state index contributed by atoms with van der Waals surface area (Å²) in [6.07, 6.45) is 23.2. The molecule has 0 unspecified atom stereocenters. The van der Waals surface area contributed by atoms with Gasteiger partial charge in [0.1, 0.15) is 0 Å². The Hall–Kier alpha value is -2.07. The van der Waals surface area contributed by atoms with Crippen LogP contribution in [0.4, 0.5) is 0 Å². The molecular weight excluding hydrogens is 374 g/mol. The molecule has 1 aromatic carbocycles. The predicted molar refractivity (Wildman–Crippen MR) is 133 cm³/mol. The highest BCUT2D eigenvalue weighted by Gasteiger charge is 2.29. The van der Waals surface area contributed by atoms with E-state index < -0.39 is 0 Å². The van der Waals surface area contributed by atoms with Gasteiger partial charge in [0.25, 0.3) is 0 Å². The minimum atomic E-state index is 0.756. The van der Waals surface area contributed by atoms with Crippen LogP contribution in [0.1, 0.15) is 94.6 Å². The second kappa shape index (κ2) is 12.7. The molecule has 0 saturated heterocycles. The highest BCUT2D eigenvalue weighted by molar-refractivity contribution is 5.26. The number of aryl methyl sites for hydroxylation is 1. The van der Waals surface area contributed by atoms with Crippen LogP contribution < -0.4 is 0 Å². The molecule has 2 aliphatic carbocycles. The Morgan fingerprint density at radius 1 is 0.968 bits per heavy atom. The van der Waals surface area contributed by atoms with E-state index in [0.717, 1.165) is 30.1 Å². The van der Waals surface area contributed by atoms with Gasteiger partial charge in [-0.15, -0.1) is 0 Å². The lowest BCUT2D eigenvalue weighted by Gasteiger charge is -2.36. The molecule has 2 aliphatic rings. The molecule has 2 fully saturated rings. The second-order valence-corrected chi connectivity index (χ2v) is 9.83. The molecule has 0 spiro atoms. The molecule has 0 heterocycles. The summed E-state index contributed by atoms with van der Waals surface area (Å²) >= 11 is 0. The molecule has 31 heavy (non-hydrogen) atoms. The van der Waals surface area contributed by atoms with Crippen LogP contribution in [-0.2, 0) is 6.42 Å². The van der Waals surface area contributed by atoms with Crippen molar-refractivity contribution in [2.24, 2.45) is 17.8 Å². The van der Waals surface area contributed by atoms with E-state index in [-0.39, 0.29) is 0 Å². The van der Waals surface area contributed by atoms with E-state index in [2.05, 4.69) is 43.8 Å². The summed E-state index contributed by atoms with van der Waals surface area (Å²) in [6, 6.07) is 11.5. The van der Waals surface area contributed by atoms with Gasteiger partial charge in [-0.25, -0.2) is 0 Å². The number of nitrogens with zero attached hydrogens (tertiary/aromatic N) is 1. The van der Waals surface area contributed by atoms with Gasteiger partial charge in [0.15, 0.2) is 0 Å². The average molecular weight is 416 g/mol. The van der Waals surface area contributed by atoms with Gasteiger partial charge >= 0.3 is 0 Å². The van der Waals surface area contributed by atoms with Gasteiger partial charge in [0, 0.05) is 6.08 Å². The van der Waals surface area contributed by atoms with Crippen molar-refractivity contribution in [1.82, 2.24) is 0 Å². The van der Waals surface area contributed by atoms with E-state index in [0.29, 0.717) is 0 Å². The maximum Gasteiger partial charge on any atom is 0.0912 e. The van der Waals surface area contributed by atoms with Gasteiger partial charge in [-0.1, -0.05) is 68.0 Å². The fraction of sp³-hybridized carbons (Fsp3) is 0.567. The van der Waals surface area contributed by atoms with Gasteiger partial charge in [0.2, 0.25) is 0 Å². The standard InChI is InChI=1S/C30H41N/c1-3-9-25-13-17-29(18-14-25)30-21-19-28(20-22-30)24(2)27-15-11-26(12-16-27)10-7-5-4-6-8-23-31/h4-6,8,13-14,17-18,26-28,30H,2-3,7,9-12,15-16,19-22H2,1H3/b5-4+,8-6+. The van der Waals surface area contributed by atoms with Crippen LogP contribution in [0.15, 0.2) is 60.7 Å². The fourth-order valence-electron chi connectivity index (χ4n) is 5.80. The Morgan fingerprint density at radius 3 is 2.23 bits per heavy atom. The predicted octanol–water partition coefficient (Wildman–Crippen LogP) is 8.69. The average Bonchev–Trinajstić information content (AvgIpc) is 2.82. The number of nitriles is 1. The Kier molecular flexibility index (Phi) is 9.67. The molecular formula is C30H41N. The molecule has 2 saturated carbocycles. The molecule has 1 aromatic rings. The van der Waals surface area contributed by atoms with Crippen molar-refractivity contribution in [3.05, 3.63) is 71.8 Å². The third kappa shape index (κ3) is 7.24. The van der Waals surface area contributed by atoms with Crippen molar-refractivity contribution in [2.45, 2.75) is 89.9 Å². The summed E-state index contributed by atoms with van der Waals surface area (Å²) in [5, 5.41) is 8.50. The minimum absolute atomic E-state index is 0.756. The highest BCUT2D eigenvalue weighted by Crippen LogP contribution is 2.44. The zero-order chi connectivity index (χ0) is 21.9.